The largest absolute Gasteiger partial charge is 0.450 e. The predicted octanol–water partition coefficient (Wildman–Crippen LogP) is 3.46. The second kappa shape index (κ2) is 8.07. The van der Waals surface area contributed by atoms with Crippen LogP contribution in [0.25, 0.3) is 11.0 Å². The fourth-order valence-electron chi connectivity index (χ4n) is 4.29. The maximum Gasteiger partial charge on any atom is 0.290 e. The Hall–Kier alpha value is -2.74. The molecule has 5 rings (SSSR count). The lowest BCUT2D eigenvalue weighted by atomic mass is 9.98. The quantitative estimate of drug-likeness (QED) is 0.619. The molecular formula is C23H20ClFN2O4. The second-order valence-corrected chi connectivity index (χ2v) is 8.16. The number of carbonyl (C=O) groups is 1. The maximum atomic E-state index is 13.8. The van der Waals surface area contributed by atoms with Crippen LogP contribution in [0.15, 0.2) is 51.7 Å². The molecule has 2 aliphatic rings. The highest BCUT2D eigenvalue weighted by Crippen LogP contribution is 2.38. The van der Waals surface area contributed by atoms with Crippen molar-refractivity contribution in [2.75, 3.05) is 39.4 Å². The van der Waals surface area contributed by atoms with Crippen molar-refractivity contribution in [3.05, 3.63) is 80.4 Å². The molecule has 0 aliphatic carbocycles. The molecule has 6 nitrogen and oxygen atoms in total. The van der Waals surface area contributed by atoms with Crippen molar-refractivity contribution in [1.82, 2.24) is 9.80 Å². The minimum absolute atomic E-state index is 0.0195. The lowest BCUT2D eigenvalue weighted by Crippen LogP contribution is -2.42. The molecule has 0 radical (unpaired) electrons. The Kier molecular flexibility index (Phi) is 5.25. The number of morpholine rings is 1. The van der Waals surface area contributed by atoms with Crippen LogP contribution in [-0.2, 0) is 4.74 Å². The number of nitrogens with zero attached hydrogens (tertiary/aromatic N) is 2. The number of halogens is 2. The first-order chi connectivity index (χ1) is 15.0. The van der Waals surface area contributed by atoms with Crippen LogP contribution in [0.5, 0.6) is 0 Å². The number of rotatable bonds is 4. The number of ether oxygens (including phenoxy) is 1. The van der Waals surface area contributed by atoms with E-state index in [1.807, 2.05) is 0 Å². The highest BCUT2D eigenvalue weighted by atomic mass is 35.5. The first kappa shape index (κ1) is 20.2. The first-order valence-corrected chi connectivity index (χ1v) is 10.5. The molecule has 160 valence electrons. The van der Waals surface area contributed by atoms with Gasteiger partial charge in [-0.05, 0) is 35.9 Å². The molecule has 0 spiro atoms. The van der Waals surface area contributed by atoms with Crippen LogP contribution in [0.1, 0.15) is 27.7 Å². The van der Waals surface area contributed by atoms with E-state index in [2.05, 4.69) is 4.90 Å². The summed E-state index contributed by atoms with van der Waals surface area (Å²) in [5.74, 6) is -0.853. The second-order valence-electron chi connectivity index (χ2n) is 7.72. The SMILES string of the molecule is O=C1c2oc3ccc(F)cc3c(=O)c2[C@@H](c2ccc(Cl)cc2)N1CCN1CCOCC1. The average Bonchev–Trinajstić information content (AvgIpc) is 3.06. The molecule has 1 atom stereocenters. The lowest BCUT2D eigenvalue weighted by Gasteiger charge is -2.31. The molecule has 0 bridgehead atoms. The van der Waals surface area contributed by atoms with Crippen LogP contribution in [0.2, 0.25) is 5.02 Å². The third-order valence-electron chi connectivity index (χ3n) is 5.87. The predicted molar refractivity (Wildman–Crippen MR) is 114 cm³/mol. The van der Waals surface area contributed by atoms with Gasteiger partial charge in [0, 0.05) is 31.2 Å². The van der Waals surface area contributed by atoms with Crippen LogP contribution in [0.4, 0.5) is 4.39 Å². The van der Waals surface area contributed by atoms with E-state index in [1.165, 1.54) is 12.1 Å². The maximum absolute atomic E-state index is 13.8. The Balaban J connectivity index is 1.60. The van der Waals surface area contributed by atoms with Crippen molar-refractivity contribution in [2.45, 2.75) is 6.04 Å². The van der Waals surface area contributed by atoms with Gasteiger partial charge in [0.15, 0.2) is 5.43 Å². The van der Waals surface area contributed by atoms with Gasteiger partial charge in [-0.15, -0.1) is 0 Å². The summed E-state index contributed by atoms with van der Waals surface area (Å²) in [7, 11) is 0. The number of fused-ring (bicyclic) bond motifs is 2. The third-order valence-corrected chi connectivity index (χ3v) is 6.13. The van der Waals surface area contributed by atoms with E-state index in [1.54, 1.807) is 29.2 Å². The molecule has 1 amide bonds. The number of hydrogen-bond donors (Lipinski definition) is 0. The van der Waals surface area contributed by atoms with E-state index in [-0.39, 0.29) is 28.2 Å². The minimum Gasteiger partial charge on any atom is -0.450 e. The zero-order chi connectivity index (χ0) is 21.5. The van der Waals surface area contributed by atoms with E-state index < -0.39 is 17.3 Å². The van der Waals surface area contributed by atoms with Crippen LogP contribution in [0, 0.1) is 5.82 Å². The van der Waals surface area contributed by atoms with Crippen molar-refractivity contribution >= 4 is 28.5 Å². The molecule has 0 unspecified atom stereocenters. The highest BCUT2D eigenvalue weighted by molar-refractivity contribution is 6.30. The fraction of sp³-hybridized carbons (Fsp3) is 0.304. The molecular weight excluding hydrogens is 423 g/mol. The summed E-state index contributed by atoms with van der Waals surface area (Å²) in [4.78, 5) is 30.6. The summed E-state index contributed by atoms with van der Waals surface area (Å²) in [5.41, 5.74) is 0.801. The summed E-state index contributed by atoms with van der Waals surface area (Å²) < 4.78 is 25.0. The molecule has 1 saturated heterocycles. The van der Waals surface area contributed by atoms with Crippen molar-refractivity contribution in [2.24, 2.45) is 0 Å². The summed E-state index contributed by atoms with van der Waals surface area (Å²) in [5, 5.41) is 0.682. The Morgan fingerprint density at radius 2 is 1.77 bits per heavy atom. The van der Waals surface area contributed by atoms with Gasteiger partial charge in [0.25, 0.3) is 5.91 Å². The molecule has 0 saturated carbocycles. The Morgan fingerprint density at radius 1 is 1.03 bits per heavy atom. The van der Waals surface area contributed by atoms with Gasteiger partial charge in [-0.25, -0.2) is 4.39 Å². The van der Waals surface area contributed by atoms with E-state index >= 15 is 0 Å². The van der Waals surface area contributed by atoms with Gasteiger partial charge in [-0.1, -0.05) is 23.7 Å². The van der Waals surface area contributed by atoms with E-state index in [0.717, 1.165) is 24.7 Å². The summed E-state index contributed by atoms with van der Waals surface area (Å²) >= 11 is 6.05. The Labute approximate surface area is 182 Å². The van der Waals surface area contributed by atoms with Crippen LogP contribution < -0.4 is 5.43 Å². The van der Waals surface area contributed by atoms with Crippen LogP contribution in [-0.4, -0.2) is 55.1 Å². The standard InChI is InChI=1S/C23H20ClFN2O4/c24-15-3-1-14(2-4-15)20-19-21(28)17-13-16(25)5-6-18(17)31-22(19)23(29)27(20)8-7-26-9-11-30-12-10-26/h1-6,13,20H,7-12H2/t20-/m1/s1. The van der Waals surface area contributed by atoms with Crippen LogP contribution in [0.3, 0.4) is 0 Å². The first-order valence-electron chi connectivity index (χ1n) is 10.2. The Bertz CT molecular complexity index is 1200. The molecule has 3 aromatic rings. The fourth-order valence-corrected chi connectivity index (χ4v) is 4.41. The van der Waals surface area contributed by atoms with Gasteiger partial charge in [0.05, 0.1) is 30.2 Å². The van der Waals surface area contributed by atoms with Gasteiger partial charge in [-0.3, -0.25) is 14.5 Å². The lowest BCUT2D eigenvalue weighted by molar-refractivity contribution is 0.0314. The van der Waals surface area contributed by atoms with Gasteiger partial charge in [0.2, 0.25) is 5.76 Å². The number of carbonyl (C=O) groups excluding carboxylic acids is 1. The van der Waals surface area contributed by atoms with Gasteiger partial charge in [0.1, 0.15) is 11.4 Å². The monoisotopic (exact) mass is 442 g/mol. The normalized spacial score (nSPS) is 19.2. The zero-order valence-corrected chi connectivity index (χ0v) is 17.4. The molecule has 2 aliphatic heterocycles. The summed E-state index contributed by atoms with van der Waals surface area (Å²) in [6.07, 6.45) is 0. The van der Waals surface area contributed by atoms with Crippen molar-refractivity contribution in [1.29, 1.82) is 0 Å². The molecule has 2 aromatic carbocycles. The molecule has 3 heterocycles. The number of hydrogen-bond acceptors (Lipinski definition) is 5. The van der Waals surface area contributed by atoms with Gasteiger partial charge >= 0.3 is 0 Å². The molecule has 1 fully saturated rings. The molecule has 31 heavy (non-hydrogen) atoms. The van der Waals surface area contributed by atoms with Crippen molar-refractivity contribution in [3.8, 4) is 0 Å². The third kappa shape index (κ3) is 3.63. The average molecular weight is 443 g/mol. The highest BCUT2D eigenvalue weighted by Gasteiger charge is 2.42. The number of benzene rings is 2. The van der Waals surface area contributed by atoms with Crippen LogP contribution >= 0.6 is 11.6 Å². The topological polar surface area (TPSA) is 63.0 Å². The smallest absolute Gasteiger partial charge is 0.290 e. The van der Waals surface area contributed by atoms with Gasteiger partial charge in [-0.2, -0.15) is 0 Å². The van der Waals surface area contributed by atoms with E-state index in [9.17, 15) is 14.0 Å². The minimum atomic E-state index is -0.621. The number of amides is 1. The summed E-state index contributed by atoms with van der Waals surface area (Å²) in [6.45, 7) is 3.97. The molecule has 1 aromatic heterocycles. The Morgan fingerprint density at radius 3 is 2.52 bits per heavy atom. The summed E-state index contributed by atoms with van der Waals surface area (Å²) in [6, 6.07) is 10.2. The van der Waals surface area contributed by atoms with Crippen molar-refractivity contribution < 1.29 is 18.3 Å². The van der Waals surface area contributed by atoms with Crippen molar-refractivity contribution in [3.63, 3.8) is 0 Å². The molecule has 0 N–H and O–H groups in total. The van der Waals surface area contributed by atoms with Gasteiger partial charge < -0.3 is 14.1 Å². The van der Waals surface area contributed by atoms with E-state index in [4.69, 9.17) is 20.8 Å². The van der Waals surface area contributed by atoms with E-state index in [0.29, 0.717) is 31.3 Å². The zero-order valence-electron chi connectivity index (χ0n) is 16.6. The molecule has 8 heteroatoms.